The Morgan fingerprint density at radius 1 is 1.17 bits per heavy atom. The van der Waals surface area contributed by atoms with Crippen molar-refractivity contribution < 1.29 is 19.1 Å². The smallest absolute Gasteiger partial charge is 0.338 e. The number of esters is 1. The highest BCUT2D eigenvalue weighted by Crippen LogP contribution is 2.19. The molecule has 0 unspecified atom stereocenters. The summed E-state index contributed by atoms with van der Waals surface area (Å²) >= 11 is 5.87. The number of carbonyl (C=O) groups excluding carboxylic acids is 2. The predicted octanol–water partition coefficient (Wildman–Crippen LogP) is 3.13. The summed E-state index contributed by atoms with van der Waals surface area (Å²) < 4.78 is 10.2. The molecule has 0 saturated heterocycles. The number of halogens is 1. The van der Waals surface area contributed by atoms with Gasteiger partial charge in [-0.25, -0.2) is 4.79 Å². The van der Waals surface area contributed by atoms with Gasteiger partial charge >= 0.3 is 5.97 Å². The number of aryl methyl sites for hydroxylation is 1. The molecule has 126 valence electrons. The fourth-order valence-electron chi connectivity index (χ4n) is 2.06. The van der Waals surface area contributed by atoms with Gasteiger partial charge in [0.1, 0.15) is 5.75 Å². The maximum atomic E-state index is 12.0. The van der Waals surface area contributed by atoms with E-state index in [4.69, 9.17) is 21.1 Å². The van der Waals surface area contributed by atoms with E-state index in [0.717, 1.165) is 11.1 Å². The Morgan fingerprint density at radius 3 is 2.67 bits per heavy atom. The van der Waals surface area contributed by atoms with Crippen LogP contribution in [0.1, 0.15) is 21.5 Å². The molecule has 0 aliphatic rings. The van der Waals surface area contributed by atoms with Crippen LogP contribution in [-0.4, -0.2) is 25.6 Å². The monoisotopic (exact) mass is 347 g/mol. The maximum absolute atomic E-state index is 12.0. The van der Waals surface area contributed by atoms with E-state index >= 15 is 0 Å². The highest BCUT2D eigenvalue weighted by atomic mass is 35.5. The van der Waals surface area contributed by atoms with Crippen LogP contribution in [-0.2, 0) is 16.1 Å². The van der Waals surface area contributed by atoms with E-state index in [2.05, 4.69) is 5.32 Å². The summed E-state index contributed by atoms with van der Waals surface area (Å²) in [5.74, 6) is -0.372. The Hall–Kier alpha value is -2.53. The van der Waals surface area contributed by atoms with E-state index in [1.54, 1.807) is 36.4 Å². The van der Waals surface area contributed by atoms with Gasteiger partial charge in [-0.05, 0) is 42.3 Å². The number of amides is 1. The first-order valence-corrected chi connectivity index (χ1v) is 7.70. The highest BCUT2D eigenvalue weighted by molar-refractivity contribution is 6.30. The summed E-state index contributed by atoms with van der Waals surface area (Å²) in [6, 6.07) is 12.1. The van der Waals surface area contributed by atoms with Crippen molar-refractivity contribution in [3.05, 3.63) is 64.2 Å². The van der Waals surface area contributed by atoms with Gasteiger partial charge in [0.2, 0.25) is 0 Å². The molecule has 0 heterocycles. The standard InChI is InChI=1S/C18H18ClNO4/c1-12-6-7-14(9-16(12)23-2)18(22)24-11-17(21)20-10-13-4-3-5-15(19)8-13/h3-9H,10-11H2,1-2H3,(H,20,21). The molecule has 2 rings (SSSR count). The van der Waals surface area contributed by atoms with Crippen molar-refractivity contribution in [3.63, 3.8) is 0 Å². The van der Waals surface area contributed by atoms with Crippen LogP contribution in [0.5, 0.6) is 5.75 Å². The lowest BCUT2D eigenvalue weighted by Gasteiger charge is -2.09. The number of ether oxygens (including phenoxy) is 2. The number of benzene rings is 2. The van der Waals surface area contributed by atoms with Gasteiger partial charge < -0.3 is 14.8 Å². The second-order valence-corrected chi connectivity index (χ2v) is 5.60. The Morgan fingerprint density at radius 2 is 1.96 bits per heavy atom. The summed E-state index contributed by atoms with van der Waals surface area (Å²) in [7, 11) is 1.53. The molecule has 0 atom stereocenters. The number of methoxy groups -OCH3 is 1. The zero-order chi connectivity index (χ0) is 17.5. The van der Waals surface area contributed by atoms with Crippen LogP contribution >= 0.6 is 11.6 Å². The lowest BCUT2D eigenvalue weighted by Crippen LogP contribution is -2.28. The van der Waals surface area contributed by atoms with Gasteiger partial charge in [0.15, 0.2) is 6.61 Å². The van der Waals surface area contributed by atoms with Crippen molar-refractivity contribution in [1.29, 1.82) is 0 Å². The lowest BCUT2D eigenvalue weighted by molar-refractivity contribution is -0.124. The number of nitrogens with one attached hydrogen (secondary N) is 1. The van der Waals surface area contributed by atoms with Gasteiger partial charge in [-0.3, -0.25) is 4.79 Å². The summed E-state index contributed by atoms with van der Waals surface area (Å²) in [6.45, 7) is 1.84. The quantitative estimate of drug-likeness (QED) is 0.815. The number of hydrogen-bond acceptors (Lipinski definition) is 4. The van der Waals surface area contributed by atoms with Crippen molar-refractivity contribution in [2.75, 3.05) is 13.7 Å². The van der Waals surface area contributed by atoms with Gasteiger partial charge in [0.05, 0.1) is 12.7 Å². The van der Waals surface area contributed by atoms with Gasteiger partial charge in [-0.2, -0.15) is 0 Å². The Bertz CT molecular complexity index is 746. The minimum Gasteiger partial charge on any atom is -0.496 e. The van der Waals surface area contributed by atoms with Crippen molar-refractivity contribution in [2.45, 2.75) is 13.5 Å². The molecule has 5 nitrogen and oxygen atoms in total. The molecule has 0 bridgehead atoms. The minimum atomic E-state index is -0.578. The SMILES string of the molecule is COc1cc(C(=O)OCC(=O)NCc2cccc(Cl)c2)ccc1C. The second kappa shape index (κ2) is 8.36. The number of carbonyl (C=O) groups is 2. The first kappa shape index (κ1) is 17.8. The van der Waals surface area contributed by atoms with E-state index in [1.165, 1.54) is 7.11 Å². The second-order valence-electron chi connectivity index (χ2n) is 5.17. The van der Waals surface area contributed by atoms with Crippen molar-refractivity contribution in [3.8, 4) is 5.75 Å². The van der Waals surface area contributed by atoms with Crippen LogP contribution in [0.25, 0.3) is 0 Å². The average molecular weight is 348 g/mol. The van der Waals surface area contributed by atoms with E-state index in [0.29, 0.717) is 22.9 Å². The summed E-state index contributed by atoms with van der Waals surface area (Å²) in [5.41, 5.74) is 2.11. The van der Waals surface area contributed by atoms with Gasteiger partial charge in [0.25, 0.3) is 5.91 Å². The third-order valence-corrected chi connectivity index (χ3v) is 3.59. The van der Waals surface area contributed by atoms with E-state index in [1.807, 2.05) is 13.0 Å². The molecule has 0 saturated carbocycles. The third kappa shape index (κ3) is 4.99. The molecule has 6 heteroatoms. The summed E-state index contributed by atoms with van der Waals surface area (Å²) in [5, 5.41) is 3.26. The van der Waals surface area contributed by atoms with Gasteiger partial charge in [-0.15, -0.1) is 0 Å². The molecule has 2 aromatic carbocycles. The van der Waals surface area contributed by atoms with E-state index in [9.17, 15) is 9.59 Å². The molecule has 0 fully saturated rings. The first-order valence-electron chi connectivity index (χ1n) is 7.32. The zero-order valence-corrected chi connectivity index (χ0v) is 14.2. The molecular formula is C18H18ClNO4. The van der Waals surface area contributed by atoms with Crippen LogP contribution in [0.15, 0.2) is 42.5 Å². The maximum Gasteiger partial charge on any atom is 0.338 e. The molecule has 0 radical (unpaired) electrons. The summed E-state index contributed by atoms with van der Waals surface area (Å²) in [6.07, 6.45) is 0. The van der Waals surface area contributed by atoms with Crippen molar-refractivity contribution in [2.24, 2.45) is 0 Å². The molecule has 0 aromatic heterocycles. The summed E-state index contributed by atoms with van der Waals surface area (Å²) in [4.78, 5) is 23.7. The zero-order valence-electron chi connectivity index (χ0n) is 13.5. The molecule has 1 amide bonds. The van der Waals surface area contributed by atoms with E-state index < -0.39 is 5.97 Å². The topological polar surface area (TPSA) is 64.6 Å². The molecule has 0 aliphatic carbocycles. The average Bonchev–Trinajstić information content (AvgIpc) is 2.58. The van der Waals surface area contributed by atoms with Gasteiger partial charge in [-0.1, -0.05) is 29.8 Å². The van der Waals surface area contributed by atoms with Crippen molar-refractivity contribution >= 4 is 23.5 Å². The predicted molar refractivity (Wildman–Crippen MR) is 91.3 cm³/mol. The lowest BCUT2D eigenvalue weighted by atomic mass is 10.1. The van der Waals surface area contributed by atoms with E-state index in [-0.39, 0.29) is 12.5 Å². The largest absolute Gasteiger partial charge is 0.496 e. The van der Waals surface area contributed by atoms with Crippen LogP contribution in [0.3, 0.4) is 0 Å². The molecule has 0 aliphatic heterocycles. The van der Waals surface area contributed by atoms with Crippen LogP contribution in [0, 0.1) is 6.92 Å². The van der Waals surface area contributed by atoms with Crippen molar-refractivity contribution in [1.82, 2.24) is 5.32 Å². The number of hydrogen-bond donors (Lipinski definition) is 1. The van der Waals surface area contributed by atoms with Crippen LogP contribution in [0.2, 0.25) is 5.02 Å². The molecule has 0 spiro atoms. The fraction of sp³-hybridized carbons (Fsp3) is 0.222. The van der Waals surface area contributed by atoms with Crippen LogP contribution in [0.4, 0.5) is 0 Å². The molecule has 1 N–H and O–H groups in total. The fourth-order valence-corrected chi connectivity index (χ4v) is 2.27. The van der Waals surface area contributed by atoms with Crippen LogP contribution < -0.4 is 10.1 Å². The third-order valence-electron chi connectivity index (χ3n) is 3.36. The first-order chi connectivity index (χ1) is 11.5. The molecular weight excluding hydrogens is 330 g/mol. The Labute approximate surface area is 145 Å². The number of rotatable bonds is 6. The minimum absolute atomic E-state index is 0.315. The Balaban J connectivity index is 1.84. The highest BCUT2D eigenvalue weighted by Gasteiger charge is 2.12. The Kier molecular flexibility index (Phi) is 6.21. The molecule has 24 heavy (non-hydrogen) atoms. The van der Waals surface area contributed by atoms with Gasteiger partial charge in [0, 0.05) is 11.6 Å². The normalized spacial score (nSPS) is 10.1. The molecule has 2 aromatic rings.